The molecule has 17 heavy (non-hydrogen) atoms. The summed E-state index contributed by atoms with van der Waals surface area (Å²) in [6, 6.07) is 0.0874. The van der Waals surface area contributed by atoms with E-state index in [0.29, 0.717) is 25.8 Å². The Kier molecular flexibility index (Phi) is 3.66. The van der Waals surface area contributed by atoms with Crippen LogP contribution in [0.15, 0.2) is 0 Å². The number of carbonyl (C=O) groups excluding carboxylic acids is 1. The summed E-state index contributed by atoms with van der Waals surface area (Å²) in [6.07, 6.45) is 3.78. The summed E-state index contributed by atoms with van der Waals surface area (Å²) < 4.78 is 0. The van der Waals surface area contributed by atoms with Crippen LogP contribution < -0.4 is 5.73 Å². The molecular formula is C12H20N2O3. The molecule has 1 amide bonds. The van der Waals surface area contributed by atoms with Crippen LogP contribution in [0.1, 0.15) is 32.1 Å². The minimum Gasteiger partial charge on any atom is -0.481 e. The molecule has 2 fully saturated rings. The van der Waals surface area contributed by atoms with Crippen LogP contribution in [-0.2, 0) is 9.59 Å². The molecular weight excluding hydrogens is 220 g/mol. The number of aliphatic carboxylic acids is 1. The third kappa shape index (κ3) is 2.77. The largest absolute Gasteiger partial charge is 0.481 e. The molecule has 5 heteroatoms. The summed E-state index contributed by atoms with van der Waals surface area (Å²) in [4.78, 5) is 24.9. The maximum Gasteiger partial charge on any atom is 0.306 e. The van der Waals surface area contributed by atoms with Crippen LogP contribution in [0.3, 0.4) is 0 Å². The average molecular weight is 240 g/mol. The molecule has 96 valence electrons. The van der Waals surface area contributed by atoms with Gasteiger partial charge in [-0.25, -0.2) is 0 Å². The number of nitrogens with zero attached hydrogens (tertiary/aromatic N) is 1. The molecule has 1 saturated heterocycles. The van der Waals surface area contributed by atoms with E-state index in [1.54, 1.807) is 0 Å². The van der Waals surface area contributed by atoms with Gasteiger partial charge < -0.3 is 15.7 Å². The lowest BCUT2D eigenvalue weighted by Crippen LogP contribution is -2.47. The summed E-state index contributed by atoms with van der Waals surface area (Å²) in [7, 11) is 0. The summed E-state index contributed by atoms with van der Waals surface area (Å²) >= 11 is 0. The van der Waals surface area contributed by atoms with Crippen molar-refractivity contribution in [1.29, 1.82) is 0 Å². The van der Waals surface area contributed by atoms with E-state index in [2.05, 4.69) is 0 Å². The molecule has 1 aliphatic carbocycles. The van der Waals surface area contributed by atoms with E-state index in [0.717, 1.165) is 19.4 Å². The number of rotatable bonds is 2. The number of hydrogen-bond acceptors (Lipinski definition) is 3. The van der Waals surface area contributed by atoms with Crippen molar-refractivity contribution in [2.75, 3.05) is 13.1 Å². The van der Waals surface area contributed by atoms with Crippen LogP contribution >= 0.6 is 0 Å². The molecule has 3 N–H and O–H groups in total. The van der Waals surface area contributed by atoms with Crippen molar-refractivity contribution in [3.8, 4) is 0 Å². The first kappa shape index (κ1) is 12.4. The minimum atomic E-state index is -0.768. The van der Waals surface area contributed by atoms with E-state index >= 15 is 0 Å². The number of carbonyl (C=O) groups is 2. The molecule has 0 aromatic rings. The summed E-state index contributed by atoms with van der Waals surface area (Å²) in [5.74, 6) is -1.08. The Bertz CT molecular complexity index is 319. The standard InChI is InChI=1S/C12H20N2O3/c13-10-2-1-5-14(7-10)11(15)8-3-4-9(6-8)12(16)17/h8-10H,1-7,13H2,(H,16,17)/t8-,9+,10?/m1/s1. The zero-order valence-corrected chi connectivity index (χ0v) is 9.97. The fraction of sp³-hybridized carbons (Fsp3) is 0.833. The molecule has 1 aliphatic heterocycles. The normalized spacial score (nSPS) is 33.7. The third-order valence-corrected chi connectivity index (χ3v) is 3.90. The van der Waals surface area contributed by atoms with Gasteiger partial charge in [0.2, 0.25) is 5.91 Å². The molecule has 0 radical (unpaired) electrons. The van der Waals surface area contributed by atoms with Crippen LogP contribution in [0.25, 0.3) is 0 Å². The van der Waals surface area contributed by atoms with E-state index in [-0.39, 0.29) is 23.8 Å². The van der Waals surface area contributed by atoms with Gasteiger partial charge >= 0.3 is 5.97 Å². The lowest BCUT2D eigenvalue weighted by molar-refractivity contribution is -0.141. The first-order chi connectivity index (χ1) is 8.08. The first-order valence-electron chi connectivity index (χ1n) is 6.35. The van der Waals surface area contributed by atoms with Crippen molar-refractivity contribution in [3.63, 3.8) is 0 Å². The molecule has 0 spiro atoms. The molecule has 0 aromatic heterocycles. The number of piperidine rings is 1. The predicted octanol–water partition coefficient (Wildman–Crippen LogP) is 0.437. The Labute approximate surface area is 101 Å². The first-order valence-corrected chi connectivity index (χ1v) is 6.35. The molecule has 1 unspecified atom stereocenters. The fourth-order valence-corrected chi connectivity index (χ4v) is 2.90. The van der Waals surface area contributed by atoms with Gasteiger partial charge in [-0.15, -0.1) is 0 Å². The number of carboxylic acids is 1. The second-order valence-electron chi connectivity index (χ2n) is 5.23. The smallest absolute Gasteiger partial charge is 0.306 e. The second kappa shape index (κ2) is 5.04. The molecule has 0 aromatic carbocycles. The van der Waals surface area contributed by atoms with Crippen LogP contribution in [0.4, 0.5) is 0 Å². The maximum absolute atomic E-state index is 12.2. The van der Waals surface area contributed by atoms with Gasteiger partial charge in [-0.05, 0) is 32.1 Å². The van der Waals surface area contributed by atoms with Gasteiger partial charge in [-0.3, -0.25) is 9.59 Å². The Balaban J connectivity index is 1.90. The molecule has 2 rings (SSSR count). The molecule has 1 heterocycles. The van der Waals surface area contributed by atoms with Gasteiger partial charge in [0, 0.05) is 25.0 Å². The van der Waals surface area contributed by atoms with Gasteiger partial charge in [0.15, 0.2) is 0 Å². The van der Waals surface area contributed by atoms with Gasteiger partial charge in [0.25, 0.3) is 0 Å². The highest BCUT2D eigenvalue weighted by Gasteiger charge is 2.36. The molecule has 1 saturated carbocycles. The van der Waals surface area contributed by atoms with Gasteiger partial charge in [0.1, 0.15) is 0 Å². The Morgan fingerprint density at radius 1 is 1.18 bits per heavy atom. The van der Waals surface area contributed by atoms with E-state index in [1.165, 1.54) is 0 Å². The van der Waals surface area contributed by atoms with E-state index < -0.39 is 5.97 Å². The number of likely N-dealkylation sites (tertiary alicyclic amines) is 1. The highest BCUT2D eigenvalue weighted by molar-refractivity contribution is 5.81. The Morgan fingerprint density at radius 3 is 2.47 bits per heavy atom. The van der Waals surface area contributed by atoms with Crippen molar-refractivity contribution >= 4 is 11.9 Å². The predicted molar refractivity (Wildman–Crippen MR) is 62.3 cm³/mol. The lowest BCUT2D eigenvalue weighted by atomic mass is 10.0. The van der Waals surface area contributed by atoms with Crippen molar-refractivity contribution in [3.05, 3.63) is 0 Å². The zero-order chi connectivity index (χ0) is 12.4. The van der Waals surface area contributed by atoms with Crippen molar-refractivity contribution < 1.29 is 14.7 Å². The van der Waals surface area contributed by atoms with Gasteiger partial charge in [-0.1, -0.05) is 0 Å². The van der Waals surface area contributed by atoms with Gasteiger partial charge in [0.05, 0.1) is 5.92 Å². The monoisotopic (exact) mass is 240 g/mol. The highest BCUT2D eigenvalue weighted by atomic mass is 16.4. The fourth-order valence-electron chi connectivity index (χ4n) is 2.90. The molecule has 0 bridgehead atoms. The average Bonchev–Trinajstić information content (AvgIpc) is 2.77. The Morgan fingerprint density at radius 2 is 1.88 bits per heavy atom. The van der Waals surface area contributed by atoms with Crippen molar-refractivity contribution in [2.24, 2.45) is 17.6 Å². The highest BCUT2D eigenvalue weighted by Crippen LogP contribution is 2.32. The summed E-state index contributed by atoms with van der Waals surface area (Å²) in [6.45, 7) is 1.41. The van der Waals surface area contributed by atoms with Gasteiger partial charge in [-0.2, -0.15) is 0 Å². The van der Waals surface area contributed by atoms with Crippen LogP contribution in [0.2, 0.25) is 0 Å². The number of nitrogens with two attached hydrogens (primary N) is 1. The molecule has 5 nitrogen and oxygen atoms in total. The van der Waals surface area contributed by atoms with Crippen LogP contribution in [0, 0.1) is 11.8 Å². The number of amides is 1. The third-order valence-electron chi connectivity index (χ3n) is 3.90. The van der Waals surface area contributed by atoms with Crippen LogP contribution in [-0.4, -0.2) is 41.0 Å². The quantitative estimate of drug-likeness (QED) is 0.733. The van der Waals surface area contributed by atoms with E-state index in [4.69, 9.17) is 10.8 Å². The summed E-state index contributed by atoms with van der Waals surface area (Å²) in [5, 5.41) is 8.92. The maximum atomic E-state index is 12.2. The number of carboxylic acid groups (broad SMARTS) is 1. The van der Waals surface area contributed by atoms with Crippen molar-refractivity contribution in [1.82, 2.24) is 4.90 Å². The van der Waals surface area contributed by atoms with Crippen LogP contribution in [0.5, 0.6) is 0 Å². The lowest BCUT2D eigenvalue weighted by Gasteiger charge is -2.32. The summed E-state index contributed by atoms with van der Waals surface area (Å²) in [5.41, 5.74) is 5.85. The second-order valence-corrected chi connectivity index (χ2v) is 5.23. The van der Waals surface area contributed by atoms with Crippen molar-refractivity contribution in [2.45, 2.75) is 38.1 Å². The molecule has 2 aliphatic rings. The minimum absolute atomic E-state index is 0.0874. The van der Waals surface area contributed by atoms with E-state index in [1.807, 2.05) is 4.90 Å². The Hall–Kier alpha value is -1.10. The zero-order valence-electron chi connectivity index (χ0n) is 9.97. The molecule has 3 atom stereocenters. The topological polar surface area (TPSA) is 83.6 Å². The number of hydrogen-bond donors (Lipinski definition) is 2. The SMILES string of the molecule is NC1CCCN(C(=O)[C@@H]2CC[C@H](C(=O)O)C2)C1. The van der Waals surface area contributed by atoms with E-state index in [9.17, 15) is 9.59 Å².